The Kier molecular flexibility index (Phi) is 50.1. The molecular formula is C59H117N2O6P. The van der Waals surface area contributed by atoms with Gasteiger partial charge in [0.25, 0.3) is 7.82 Å². The number of allylic oxidation sites excluding steroid dienone is 4. The van der Waals surface area contributed by atoms with Crippen molar-refractivity contribution in [2.24, 2.45) is 0 Å². The van der Waals surface area contributed by atoms with Gasteiger partial charge in [0.15, 0.2) is 0 Å². The number of phosphoric ester groups is 1. The van der Waals surface area contributed by atoms with E-state index in [0.717, 1.165) is 44.9 Å². The highest BCUT2D eigenvalue weighted by molar-refractivity contribution is 7.45. The van der Waals surface area contributed by atoms with Crippen LogP contribution in [0.2, 0.25) is 0 Å². The topological polar surface area (TPSA) is 108 Å². The Morgan fingerprint density at radius 1 is 0.515 bits per heavy atom. The van der Waals surface area contributed by atoms with E-state index in [-0.39, 0.29) is 19.1 Å². The first kappa shape index (κ1) is 67.0. The van der Waals surface area contributed by atoms with Crippen LogP contribution in [-0.4, -0.2) is 68.5 Å². The van der Waals surface area contributed by atoms with Gasteiger partial charge in [-0.25, -0.2) is 0 Å². The van der Waals surface area contributed by atoms with Crippen LogP contribution >= 0.6 is 7.82 Å². The minimum Gasteiger partial charge on any atom is -0.756 e. The van der Waals surface area contributed by atoms with Gasteiger partial charge in [0.1, 0.15) is 13.2 Å². The highest BCUT2D eigenvalue weighted by Crippen LogP contribution is 2.38. The predicted octanol–water partition coefficient (Wildman–Crippen LogP) is 17.4. The molecule has 1 amide bonds. The number of likely N-dealkylation sites (N-methyl/N-ethyl adjacent to an activating group) is 1. The van der Waals surface area contributed by atoms with Gasteiger partial charge in [-0.3, -0.25) is 9.36 Å². The summed E-state index contributed by atoms with van der Waals surface area (Å²) < 4.78 is 23.4. The summed E-state index contributed by atoms with van der Waals surface area (Å²) in [6, 6.07) is -0.800. The second kappa shape index (κ2) is 50.9. The smallest absolute Gasteiger partial charge is 0.268 e. The second-order valence-electron chi connectivity index (χ2n) is 21.7. The molecule has 2 N–H and O–H groups in total. The first-order valence-corrected chi connectivity index (χ1v) is 31.1. The molecule has 0 aliphatic carbocycles. The summed E-state index contributed by atoms with van der Waals surface area (Å²) in [5.74, 6) is -0.161. The summed E-state index contributed by atoms with van der Waals surface area (Å²) >= 11 is 0. The van der Waals surface area contributed by atoms with Crippen LogP contribution in [0.3, 0.4) is 0 Å². The average Bonchev–Trinajstić information content (AvgIpc) is 3.30. The van der Waals surface area contributed by atoms with Crippen LogP contribution in [0.4, 0.5) is 0 Å². The van der Waals surface area contributed by atoms with Crippen molar-refractivity contribution < 1.29 is 32.9 Å². The highest BCUT2D eigenvalue weighted by atomic mass is 31.2. The zero-order valence-corrected chi connectivity index (χ0v) is 47.0. The van der Waals surface area contributed by atoms with E-state index in [9.17, 15) is 19.4 Å². The van der Waals surface area contributed by atoms with E-state index in [1.54, 1.807) is 0 Å². The van der Waals surface area contributed by atoms with Crippen molar-refractivity contribution in [1.82, 2.24) is 5.32 Å². The molecule has 3 atom stereocenters. The normalized spacial score (nSPS) is 14.0. The van der Waals surface area contributed by atoms with E-state index < -0.39 is 20.0 Å². The van der Waals surface area contributed by atoms with Gasteiger partial charge in [0, 0.05) is 6.42 Å². The van der Waals surface area contributed by atoms with E-state index in [0.29, 0.717) is 23.9 Å². The minimum absolute atomic E-state index is 0.0138. The molecule has 8 nitrogen and oxygen atoms in total. The number of nitrogens with one attached hydrogen (secondary N) is 1. The van der Waals surface area contributed by atoms with Crippen LogP contribution in [0.25, 0.3) is 0 Å². The Balaban J connectivity index is 4.13. The van der Waals surface area contributed by atoms with Gasteiger partial charge in [-0.05, 0) is 44.9 Å². The van der Waals surface area contributed by atoms with Gasteiger partial charge in [-0.15, -0.1) is 0 Å². The van der Waals surface area contributed by atoms with E-state index in [1.165, 1.54) is 225 Å². The van der Waals surface area contributed by atoms with Crippen LogP contribution in [-0.2, 0) is 18.4 Å². The fourth-order valence-corrected chi connectivity index (χ4v) is 9.74. The number of quaternary nitrogens is 1. The first-order valence-electron chi connectivity index (χ1n) is 29.7. The van der Waals surface area contributed by atoms with Crippen LogP contribution in [0.5, 0.6) is 0 Å². The lowest BCUT2D eigenvalue weighted by Crippen LogP contribution is -2.46. The van der Waals surface area contributed by atoms with Gasteiger partial charge in [-0.1, -0.05) is 269 Å². The summed E-state index contributed by atoms with van der Waals surface area (Å²) in [4.78, 5) is 25.6. The standard InChI is InChI=1S/C59H117N2O6P/c1-6-8-10-12-14-16-18-20-22-24-26-28-29-30-31-33-35-37-39-41-43-45-47-49-51-53-59(63)60-57(56-67-68(64,65)66-55-54-61(3,4)5)58(62)52-50-48-46-44-42-40-38-36-34-32-27-25-23-21-19-17-15-13-11-9-7-2/h18,20,24,26,57-58,62H,6-17,19,21-23,25,27-56H2,1-5H3,(H-,60,63,64,65)/b20-18-,26-24-. The monoisotopic (exact) mass is 981 g/mol. The van der Waals surface area contributed by atoms with Crippen molar-refractivity contribution in [3.63, 3.8) is 0 Å². The van der Waals surface area contributed by atoms with Gasteiger partial charge in [0.05, 0.1) is 39.9 Å². The summed E-state index contributed by atoms with van der Waals surface area (Å²) in [7, 11) is 1.32. The molecule has 0 aliphatic rings. The number of unbranched alkanes of at least 4 members (excludes halogenated alkanes) is 38. The molecule has 9 heteroatoms. The van der Waals surface area contributed by atoms with E-state index in [1.807, 2.05) is 21.1 Å². The van der Waals surface area contributed by atoms with E-state index >= 15 is 0 Å². The lowest BCUT2D eigenvalue weighted by atomic mass is 10.0. The number of hydrogen-bond donors (Lipinski definition) is 2. The molecule has 0 rings (SSSR count). The van der Waals surface area contributed by atoms with Crippen molar-refractivity contribution in [2.45, 2.75) is 309 Å². The Morgan fingerprint density at radius 3 is 1.22 bits per heavy atom. The second-order valence-corrected chi connectivity index (χ2v) is 23.1. The molecule has 0 aromatic rings. The third-order valence-electron chi connectivity index (χ3n) is 13.7. The minimum atomic E-state index is -4.57. The molecule has 0 heterocycles. The fraction of sp³-hybridized carbons (Fsp3) is 0.915. The Labute approximate surface area is 424 Å². The largest absolute Gasteiger partial charge is 0.756 e. The summed E-state index contributed by atoms with van der Waals surface area (Å²) in [5, 5.41) is 14.0. The molecule has 0 aromatic carbocycles. The van der Waals surface area contributed by atoms with Crippen LogP contribution in [0.1, 0.15) is 296 Å². The van der Waals surface area contributed by atoms with Crippen molar-refractivity contribution >= 4 is 13.7 Å². The summed E-state index contributed by atoms with van der Waals surface area (Å²) in [6.45, 7) is 4.75. The SMILES string of the molecule is CCCCCCC/C=C\C/C=C\CCCCCCCCCCCCCCCC(=O)NC(COP(=O)([O-])OCC[N+](C)(C)C)C(O)CCCCCCCCCCCCCCCCCCCCCCC. The Bertz CT molecular complexity index is 1160. The predicted molar refractivity (Wildman–Crippen MR) is 293 cm³/mol. The molecule has 404 valence electrons. The molecule has 0 bridgehead atoms. The molecule has 0 aliphatic heterocycles. The van der Waals surface area contributed by atoms with Crippen molar-refractivity contribution in [2.75, 3.05) is 40.9 Å². The zero-order chi connectivity index (χ0) is 49.9. The number of rotatable bonds is 55. The molecule has 0 fully saturated rings. The average molecular weight is 982 g/mol. The number of amides is 1. The number of aliphatic hydroxyl groups is 1. The number of carbonyl (C=O) groups excluding carboxylic acids is 1. The van der Waals surface area contributed by atoms with Crippen LogP contribution in [0, 0.1) is 0 Å². The van der Waals surface area contributed by atoms with Crippen LogP contribution in [0.15, 0.2) is 24.3 Å². The molecule has 0 radical (unpaired) electrons. The van der Waals surface area contributed by atoms with Crippen LogP contribution < -0.4 is 10.2 Å². The summed E-state index contributed by atoms with van der Waals surface area (Å²) in [6.07, 6.45) is 63.5. The summed E-state index contributed by atoms with van der Waals surface area (Å²) in [5.41, 5.74) is 0. The number of phosphoric acid groups is 1. The maximum absolute atomic E-state index is 13.0. The molecule has 0 saturated carbocycles. The maximum atomic E-state index is 13.0. The molecule has 0 spiro atoms. The van der Waals surface area contributed by atoms with Crippen molar-refractivity contribution in [3.8, 4) is 0 Å². The lowest BCUT2D eigenvalue weighted by molar-refractivity contribution is -0.870. The quantitative estimate of drug-likeness (QED) is 0.0272. The Morgan fingerprint density at radius 2 is 0.853 bits per heavy atom. The molecule has 0 aromatic heterocycles. The highest BCUT2D eigenvalue weighted by Gasteiger charge is 2.24. The zero-order valence-electron chi connectivity index (χ0n) is 46.1. The third kappa shape index (κ3) is 52.8. The van der Waals surface area contributed by atoms with Crippen molar-refractivity contribution in [3.05, 3.63) is 24.3 Å². The molecule has 3 unspecified atom stereocenters. The lowest BCUT2D eigenvalue weighted by Gasteiger charge is -2.30. The number of hydrogen-bond acceptors (Lipinski definition) is 6. The molecule has 0 saturated heterocycles. The third-order valence-corrected chi connectivity index (χ3v) is 14.7. The molecule has 68 heavy (non-hydrogen) atoms. The number of carbonyl (C=O) groups is 1. The Hall–Kier alpha value is -1.02. The first-order chi connectivity index (χ1) is 33.0. The van der Waals surface area contributed by atoms with Gasteiger partial charge < -0.3 is 28.8 Å². The number of nitrogens with zero attached hydrogens (tertiary/aromatic N) is 1. The van der Waals surface area contributed by atoms with E-state index in [2.05, 4.69) is 43.5 Å². The van der Waals surface area contributed by atoms with Gasteiger partial charge >= 0.3 is 0 Å². The fourth-order valence-electron chi connectivity index (χ4n) is 9.01. The van der Waals surface area contributed by atoms with Gasteiger partial charge in [0.2, 0.25) is 5.91 Å². The molecular weight excluding hydrogens is 864 g/mol. The number of aliphatic hydroxyl groups excluding tert-OH is 1. The van der Waals surface area contributed by atoms with Crippen molar-refractivity contribution in [1.29, 1.82) is 0 Å². The van der Waals surface area contributed by atoms with Gasteiger partial charge in [-0.2, -0.15) is 0 Å². The maximum Gasteiger partial charge on any atom is 0.268 e. The van der Waals surface area contributed by atoms with E-state index in [4.69, 9.17) is 9.05 Å².